The minimum atomic E-state index is -1.62. The van der Waals surface area contributed by atoms with Crippen molar-refractivity contribution in [2.45, 2.75) is 354 Å². The first-order valence-corrected chi connectivity index (χ1v) is 34.0. The molecule has 0 heterocycles. The van der Waals surface area contributed by atoms with Gasteiger partial charge in [-0.1, -0.05) is 308 Å². The van der Waals surface area contributed by atoms with E-state index in [1.807, 2.05) is 21.1 Å². The summed E-state index contributed by atoms with van der Waals surface area (Å²) in [6.07, 6.45) is 71.4. The normalized spacial score (nSPS) is 12.8. The van der Waals surface area contributed by atoms with Gasteiger partial charge in [0.05, 0.1) is 40.3 Å². The lowest BCUT2D eigenvalue weighted by Gasteiger charge is -2.26. The van der Waals surface area contributed by atoms with E-state index in [-0.39, 0.29) is 32.2 Å². The summed E-state index contributed by atoms with van der Waals surface area (Å²) in [6, 6.07) is 0. The second kappa shape index (κ2) is 60.9. The summed E-state index contributed by atoms with van der Waals surface area (Å²) in [5.74, 6) is -2.28. The van der Waals surface area contributed by atoms with Gasteiger partial charge in [0, 0.05) is 12.8 Å². The third kappa shape index (κ3) is 61.4. The van der Waals surface area contributed by atoms with Crippen molar-refractivity contribution in [3.63, 3.8) is 0 Å². The number of likely N-dealkylation sites (N-methyl/N-ethyl adjacent to an activating group) is 1. The number of rotatable bonds is 64. The Morgan fingerprint density at radius 2 is 0.692 bits per heavy atom. The number of carboxylic acid groups (broad SMARTS) is 1. The van der Waals surface area contributed by atoms with Crippen molar-refractivity contribution in [3.8, 4) is 0 Å². The second-order valence-electron chi connectivity index (χ2n) is 24.5. The van der Waals surface area contributed by atoms with Gasteiger partial charge >= 0.3 is 11.9 Å². The van der Waals surface area contributed by atoms with E-state index in [1.165, 1.54) is 250 Å². The number of carbonyl (C=O) groups excluding carboxylic acids is 3. The minimum absolute atomic E-state index is 0.147. The lowest BCUT2D eigenvalue weighted by atomic mass is 10.0. The lowest BCUT2D eigenvalue weighted by molar-refractivity contribution is -0.870. The molecule has 0 spiro atoms. The van der Waals surface area contributed by atoms with Crippen molar-refractivity contribution in [1.29, 1.82) is 0 Å². The Morgan fingerprint density at radius 3 is 1.03 bits per heavy atom. The Bertz CT molecular complexity index is 1330. The van der Waals surface area contributed by atoms with Gasteiger partial charge in [0.25, 0.3) is 0 Å². The zero-order chi connectivity index (χ0) is 56.9. The molecule has 2 unspecified atom stereocenters. The van der Waals surface area contributed by atoms with Crippen molar-refractivity contribution in [2.75, 3.05) is 47.5 Å². The van der Waals surface area contributed by atoms with Crippen molar-refractivity contribution < 1.29 is 42.9 Å². The Hall–Kier alpha value is -2.23. The molecule has 9 heteroatoms. The third-order valence-electron chi connectivity index (χ3n) is 15.5. The van der Waals surface area contributed by atoms with Crippen LogP contribution in [0, 0.1) is 0 Å². The third-order valence-corrected chi connectivity index (χ3v) is 15.5. The molecule has 0 saturated heterocycles. The Morgan fingerprint density at radius 1 is 0.385 bits per heavy atom. The summed E-state index contributed by atoms with van der Waals surface area (Å²) in [5.41, 5.74) is 0. The molecule has 0 saturated carbocycles. The molecule has 0 amide bonds. The van der Waals surface area contributed by atoms with Gasteiger partial charge < -0.3 is 33.3 Å². The van der Waals surface area contributed by atoms with Gasteiger partial charge in [0.2, 0.25) is 0 Å². The lowest BCUT2D eigenvalue weighted by Crippen LogP contribution is -2.44. The fourth-order valence-electron chi connectivity index (χ4n) is 10.2. The molecule has 0 N–H and O–H groups in total. The molecule has 0 fully saturated rings. The molecule has 2 atom stereocenters. The maximum atomic E-state index is 12.8. The molecule has 0 radical (unpaired) electrons. The highest BCUT2D eigenvalue weighted by atomic mass is 16.7. The highest BCUT2D eigenvalue weighted by Crippen LogP contribution is 2.19. The van der Waals surface area contributed by atoms with Crippen LogP contribution >= 0.6 is 0 Å². The smallest absolute Gasteiger partial charge is 0.306 e. The molecule has 0 aromatic heterocycles. The molecule has 0 aromatic rings. The van der Waals surface area contributed by atoms with Crippen LogP contribution in [-0.2, 0) is 33.3 Å². The number of unbranched alkanes of at least 4 members (excludes halogenated alkanes) is 45. The molecule has 0 bridgehead atoms. The number of quaternary nitrogens is 1. The number of esters is 2. The van der Waals surface area contributed by atoms with Crippen LogP contribution in [0.5, 0.6) is 0 Å². The van der Waals surface area contributed by atoms with Crippen molar-refractivity contribution in [1.82, 2.24) is 0 Å². The van der Waals surface area contributed by atoms with Crippen LogP contribution in [0.4, 0.5) is 0 Å². The average molecular weight is 1100 g/mol. The quantitative estimate of drug-likeness (QED) is 0.0195. The number of hydrogen-bond donors (Lipinski definition) is 0. The van der Waals surface area contributed by atoms with E-state index in [9.17, 15) is 19.5 Å². The van der Waals surface area contributed by atoms with Crippen LogP contribution in [0.15, 0.2) is 24.3 Å². The molecule has 0 aliphatic heterocycles. The number of hydrogen-bond acceptors (Lipinski definition) is 8. The van der Waals surface area contributed by atoms with Crippen molar-refractivity contribution in [2.24, 2.45) is 0 Å². The van der Waals surface area contributed by atoms with E-state index in [2.05, 4.69) is 38.2 Å². The fourth-order valence-corrected chi connectivity index (χ4v) is 10.2. The van der Waals surface area contributed by atoms with E-state index in [4.69, 9.17) is 18.9 Å². The number of ether oxygens (including phenoxy) is 4. The minimum Gasteiger partial charge on any atom is -0.545 e. The van der Waals surface area contributed by atoms with Gasteiger partial charge in [-0.2, -0.15) is 0 Å². The Labute approximate surface area is 484 Å². The van der Waals surface area contributed by atoms with Crippen LogP contribution in [0.25, 0.3) is 0 Å². The van der Waals surface area contributed by atoms with Crippen LogP contribution in [0.1, 0.15) is 341 Å². The van der Waals surface area contributed by atoms with Gasteiger partial charge in [-0.15, -0.1) is 0 Å². The van der Waals surface area contributed by atoms with Crippen LogP contribution in [0.2, 0.25) is 0 Å². The van der Waals surface area contributed by atoms with Gasteiger partial charge in [-0.25, -0.2) is 0 Å². The first kappa shape index (κ1) is 75.8. The van der Waals surface area contributed by atoms with E-state index in [0.717, 1.165) is 57.8 Å². The summed E-state index contributed by atoms with van der Waals surface area (Å²) < 4.78 is 22.7. The number of aliphatic carboxylic acids is 1. The Balaban J connectivity index is 3.94. The Kier molecular flexibility index (Phi) is 59.1. The zero-order valence-corrected chi connectivity index (χ0v) is 52.6. The average Bonchev–Trinajstić information content (AvgIpc) is 3.41. The number of allylic oxidation sites excluding steroid dienone is 4. The maximum absolute atomic E-state index is 12.8. The molecule has 0 aromatic carbocycles. The summed E-state index contributed by atoms with van der Waals surface area (Å²) in [7, 11) is 5.93. The van der Waals surface area contributed by atoms with Crippen LogP contribution in [0.3, 0.4) is 0 Å². The SMILES string of the molecule is CCCCCC/C=C\C/C=C\CCCCCCCC(=O)OC(COC(=O)CCCCCCCCCCCCCCCCCCCCCCCCCCCCCCCCCCCCCCC)COC(OCC[N+](C)(C)C)C(=O)[O-]. The zero-order valence-electron chi connectivity index (χ0n) is 52.6. The molecule has 9 nitrogen and oxygen atoms in total. The van der Waals surface area contributed by atoms with E-state index < -0.39 is 24.3 Å². The van der Waals surface area contributed by atoms with E-state index >= 15 is 0 Å². The van der Waals surface area contributed by atoms with Gasteiger partial charge in [-0.05, 0) is 44.9 Å². The molecule has 0 aliphatic rings. The number of carbonyl (C=O) groups is 3. The second-order valence-corrected chi connectivity index (χ2v) is 24.5. The highest BCUT2D eigenvalue weighted by molar-refractivity contribution is 5.70. The fraction of sp³-hybridized carbons (Fsp3) is 0.899. The molecule has 0 aliphatic carbocycles. The van der Waals surface area contributed by atoms with Gasteiger partial charge in [0.15, 0.2) is 12.4 Å². The van der Waals surface area contributed by atoms with Crippen LogP contribution < -0.4 is 5.11 Å². The number of carboxylic acids is 1. The molecule has 78 heavy (non-hydrogen) atoms. The van der Waals surface area contributed by atoms with E-state index in [0.29, 0.717) is 23.9 Å². The summed E-state index contributed by atoms with van der Waals surface area (Å²) >= 11 is 0. The molecular formula is C69H131NO8. The molecule has 460 valence electrons. The van der Waals surface area contributed by atoms with Crippen molar-refractivity contribution >= 4 is 17.9 Å². The summed E-state index contributed by atoms with van der Waals surface area (Å²) in [4.78, 5) is 37.3. The van der Waals surface area contributed by atoms with E-state index in [1.54, 1.807) is 0 Å². The molecule has 0 rings (SSSR count). The van der Waals surface area contributed by atoms with Gasteiger partial charge in [-0.3, -0.25) is 9.59 Å². The number of nitrogens with zero attached hydrogens (tertiary/aromatic N) is 1. The highest BCUT2D eigenvalue weighted by Gasteiger charge is 2.22. The predicted octanol–water partition coefficient (Wildman–Crippen LogP) is 19.3. The van der Waals surface area contributed by atoms with Crippen molar-refractivity contribution in [3.05, 3.63) is 24.3 Å². The maximum Gasteiger partial charge on any atom is 0.306 e. The largest absolute Gasteiger partial charge is 0.545 e. The first-order chi connectivity index (χ1) is 38.1. The first-order valence-electron chi connectivity index (χ1n) is 34.0. The van der Waals surface area contributed by atoms with Crippen LogP contribution in [-0.4, -0.2) is 82.3 Å². The predicted molar refractivity (Wildman–Crippen MR) is 330 cm³/mol. The summed E-state index contributed by atoms with van der Waals surface area (Å²) in [6.45, 7) is 4.77. The summed E-state index contributed by atoms with van der Waals surface area (Å²) in [5, 5.41) is 11.8. The van der Waals surface area contributed by atoms with Gasteiger partial charge in [0.1, 0.15) is 13.2 Å². The molecular weight excluding hydrogens is 971 g/mol. The monoisotopic (exact) mass is 1100 g/mol. The standard InChI is InChI=1S/C69H131NO8/c1-6-8-10-12-14-16-18-20-22-24-25-26-27-28-29-30-31-32-33-34-35-36-37-38-39-40-41-42-43-44-46-47-49-51-53-55-57-59-66(71)76-63-65(64-77-69(68(73)74)75-62-61-70(3,4)5)78-67(72)60-58-56-54-52-50-48-45-23-21-19-17-15-13-11-9-7-2/h17,19,23,45,65,69H,6-16,18,20-22,24-44,46-64H2,1-5H3/b19-17-,45-23-. The topological polar surface area (TPSA) is 111 Å².